The van der Waals surface area contributed by atoms with E-state index in [1.807, 2.05) is 24.3 Å². The predicted octanol–water partition coefficient (Wildman–Crippen LogP) is 1.32. The largest absolute Gasteiger partial charge is 0.330 e. The summed E-state index contributed by atoms with van der Waals surface area (Å²) < 4.78 is 0. The Labute approximate surface area is 81.8 Å². The average Bonchev–Trinajstić information content (AvgIpc) is 2.63. The number of nitrogens with one attached hydrogen (secondary N) is 1. The minimum Gasteiger partial charge on any atom is -0.330 e. The summed E-state index contributed by atoms with van der Waals surface area (Å²) in [5.74, 6) is 0. The van der Waals surface area contributed by atoms with Crippen molar-refractivity contribution in [2.75, 3.05) is 6.54 Å². The van der Waals surface area contributed by atoms with E-state index in [-0.39, 0.29) is 0 Å². The van der Waals surface area contributed by atoms with Crippen LogP contribution in [0.15, 0.2) is 24.4 Å². The molecule has 0 bridgehead atoms. The van der Waals surface area contributed by atoms with Crippen molar-refractivity contribution < 1.29 is 0 Å². The Bertz CT molecular complexity index is 444. The molecule has 2 heterocycles. The van der Waals surface area contributed by atoms with Gasteiger partial charge in [0.15, 0.2) is 5.65 Å². The zero-order valence-corrected chi connectivity index (χ0v) is 7.77. The second-order valence-corrected chi connectivity index (χ2v) is 2.99. The van der Waals surface area contributed by atoms with Gasteiger partial charge in [0.1, 0.15) is 0 Å². The maximum atomic E-state index is 5.39. The summed E-state index contributed by atoms with van der Waals surface area (Å²) in [6, 6.07) is 3.89. The predicted molar refractivity (Wildman–Crippen MR) is 56.6 cm³/mol. The molecule has 3 N–H and O–H groups in total. The Morgan fingerprint density at radius 1 is 1.50 bits per heavy atom. The third kappa shape index (κ3) is 1.65. The first-order valence-corrected chi connectivity index (χ1v) is 4.57. The van der Waals surface area contributed by atoms with E-state index in [1.54, 1.807) is 6.20 Å². The van der Waals surface area contributed by atoms with Crippen molar-refractivity contribution in [2.45, 2.75) is 6.42 Å². The van der Waals surface area contributed by atoms with Crippen LogP contribution in [-0.4, -0.2) is 21.7 Å². The Kier molecular flexibility index (Phi) is 2.55. The molecule has 0 atom stereocenters. The first-order chi connectivity index (χ1) is 6.92. The van der Waals surface area contributed by atoms with E-state index in [0.717, 1.165) is 23.1 Å². The van der Waals surface area contributed by atoms with Crippen molar-refractivity contribution in [3.8, 4) is 0 Å². The van der Waals surface area contributed by atoms with E-state index in [1.165, 1.54) is 0 Å². The molecular formula is C10H12N4. The molecule has 0 saturated carbocycles. The third-order valence-electron chi connectivity index (χ3n) is 1.98. The van der Waals surface area contributed by atoms with E-state index in [4.69, 9.17) is 5.73 Å². The van der Waals surface area contributed by atoms with Gasteiger partial charge in [-0.05, 0) is 31.2 Å². The Morgan fingerprint density at radius 2 is 2.43 bits per heavy atom. The number of nitrogens with zero attached hydrogens (tertiary/aromatic N) is 2. The Hall–Kier alpha value is -1.68. The topological polar surface area (TPSA) is 67.6 Å². The molecule has 0 unspecified atom stereocenters. The highest BCUT2D eigenvalue weighted by Crippen LogP contribution is 2.13. The second-order valence-electron chi connectivity index (χ2n) is 2.99. The van der Waals surface area contributed by atoms with Crippen LogP contribution < -0.4 is 5.73 Å². The van der Waals surface area contributed by atoms with Crippen LogP contribution in [-0.2, 0) is 0 Å². The number of hydrogen-bond acceptors (Lipinski definition) is 3. The molecule has 0 aliphatic carbocycles. The summed E-state index contributed by atoms with van der Waals surface area (Å²) in [5, 5.41) is 8.05. The van der Waals surface area contributed by atoms with Crippen molar-refractivity contribution in [1.29, 1.82) is 0 Å². The number of aromatic nitrogens is 3. The molecule has 4 nitrogen and oxygen atoms in total. The van der Waals surface area contributed by atoms with Gasteiger partial charge >= 0.3 is 0 Å². The van der Waals surface area contributed by atoms with Crippen LogP contribution in [0.25, 0.3) is 17.1 Å². The maximum Gasteiger partial charge on any atom is 0.181 e. The molecular weight excluding hydrogens is 176 g/mol. The number of nitrogens with two attached hydrogens (primary N) is 1. The summed E-state index contributed by atoms with van der Waals surface area (Å²) in [4.78, 5) is 4.13. The van der Waals surface area contributed by atoms with Gasteiger partial charge in [0.25, 0.3) is 0 Å². The summed E-state index contributed by atoms with van der Waals surface area (Å²) >= 11 is 0. The lowest BCUT2D eigenvalue weighted by Gasteiger charge is -1.88. The van der Waals surface area contributed by atoms with Crippen molar-refractivity contribution in [2.24, 2.45) is 5.73 Å². The van der Waals surface area contributed by atoms with Crippen molar-refractivity contribution >= 4 is 17.1 Å². The lowest BCUT2D eigenvalue weighted by molar-refractivity contribution is 1.01. The van der Waals surface area contributed by atoms with Gasteiger partial charge in [0, 0.05) is 11.6 Å². The highest BCUT2D eigenvalue weighted by molar-refractivity contribution is 5.83. The van der Waals surface area contributed by atoms with Crippen LogP contribution >= 0.6 is 0 Å². The van der Waals surface area contributed by atoms with Crippen LogP contribution in [0.1, 0.15) is 12.1 Å². The maximum absolute atomic E-state index is 5.39. The normalized spacial score (nSPS) is 11.5. The summed E-state index contributed by atoms with van der Waals surface area (Å²) in [7, 11) is 0. The first kappa shape index (κ1) is 8.90. The van der Waals surface area contributed by atoms with E-state index in [2.05, 4.69) is 15.2 Å². The molecule has 0 saturated heterocycles. The van der Waals surface area contributed by atoms with Gasteiger partial charge in [-0.15, -0.1) is 0 Å². The molecule has 4 heteroatoms. The fraction of sp³-hybridized carbons (Fsp3) is 0.200. The fourth-order valence-corrected chi connectivity index (χ4v) is 1.29. The Morgan fingerprint density at radius 3 is 3.29 bits per heavy atom. The van der Waals surface area contributed by atoms with E-state index < -0.39 is 0 Å². The van der Waals surface area contributed by atoms with E-state index >= 15 is 0 Å². The number of hydrogen-bond donors (Lipinski definition) is 2. The van der Waals surface area contributed by atoms with E-state index in [0.29, 0.717) is 6.54 Å². The number of pyridine rings is 1. The van der Waals surface area contributed by atoms with Gasteiger partial charge in [0.05, 0.1) is 5.69 Å². The zero-order chi connectivity index (χ0) is 9.80. The highest BCUT2D eigenvalue weighted by atomic mass is 15.1. The van der Waals surface area contributed by atoms with Crippen LogP contribution in [0.5, 0.6) is 0 Å². The molecule has 2 rings (SSSR count). The summed E-state index contributed by atoms with van der Waals surface area (Å²) in [6.45, 7) is 0.667. The van der Waals surface area contributed by atoms with Crippen molar-refractivity contribution in [3.05, 3.63) is 30.1 Å². The molecule has 0 amide bonds. The summed E-state index contributed by atoms with van der Waals surface area (Å²) in [5.41, 5.74) is 7.13. The number of H-pyrrole nitrogens is 1. The molecule has 0 spiro atoms. The number of rotatable bonds is 3. The first-order valence-electron chi connectivity index (χ1n) is 4.57. The standard InChI is InChI=1S/C10H12N4/c11-6-2-1-5-9-8-4-3-7-12-10(8)14-13-9/h1,3-5,7H,2,6,11H2,(H,12,13,14). The Balaban J connectivity index is 2.34. The molecule has 14 heavy (non-hydrogen) atoms. The third-order valence-corrected chi connectivity index (χ3v) is 1.98. The van der Waals surface area contributed by atoms with Gasteiger partial charge in [-0.2, -0.15) is 5.10 Å². The number of aromatic amines is 1. The highest BCUT2D eigenvalue weighted by Gasteiger charge is 2.00. The molecule has 0 aromatic carbocycles. The molecule has 0 aliphatic rings. The van der Waals surface area contributed by atoms with Crippen LogP contribution in [0.4, 0.5) is 0 Å². The van der Waals surface area contributed by atoms with Gasteiger partial charge in [-0.3, -0.25) is 5.10 Å². The van der Waals surface area contributed by atoms with Crippen molar-refractivity contribution in [3.63, 3.8) is 0 Å². The van der Waals surface area contributed by atoms with Crippen molar-refractivity contribution in [1.82, 2.24) is 15.2 Å². The molecule has 2 aromatic heterocycles. The summed E-state index contributed by atoms with van der Waals surface area (Å²) in [6.07, 6.45) is 6.63. The molecule has 0 radical (unpaired) electrons. The fourth-order valence-electron chi connectivity index (χ4n) is 1.29. The van der Waals surface area contributed by atoms with Gasteiger partial charge < -0.3 is 5.73 Å². The SMILES string of the molecule is NCCC=Cc1[nH]nc2ncccc12. The minimum atomic E-state index is 0.667. The van der Waals surface area contributed by atoms with E-state index in [9.17, 15) is 0 Å². The van der Waals surface area contributed by atoms with Gasteiger partial charge in [0.2, 0.25) is 0 Å². The molecule has 0 aliphatic heterocycles. The minimum absolute atomic E-state index is 0.667. The van der Waals surface area contributed by atoms with Crippen LogP contribution in [0, 0.1) is 0 Å². The van der Waals surface area contributed by atoms with Crippen LogP contribution in [0.2, 0.25) is 0 Å². The van der Waals surface area contributed by atoms with Gasteiger partial charge in [-0.1, -0.05) is 6.08 Å². The lowest BCUT2D eigenvalue weighted by atomic mass is 10.2. The zero-order valence-electron chi connectivity index (χ0n) is 7.77. The second kappa shape index (κ2) is 4.02. The molecule has 0 fully saturated rings. The molecule has 72 valence electrons. The number of fused-ring (bicyclic) bond motifs is 1. The monoisotopic (exact) mass is 188 g/mol. The smallest absolute Gasteiger partial charge is 0.181 e. The average molecular weight is 188 g/mol. The van der Waals surface area contributed by atoms with Crippen LogP contribution in [0.3, 0.4) is 0 Å². The molecule has 2 aromatic rings. The lowest BCUT2D eigenvalue weighted by Crippen LogP contribution is -1.94. The quantitative estimate of drug-likeness (QED) is 0.763. The van der Waals surface area contributed by atoms with Gasteiger partial charge in [-0.25, -0.2) is 4.98 Å².